The predicted molar refractivity (Wildman–Crippen MR) is 124 cm³/mol. The number of thioether (sulfide) groups is 2. The van der Waals surface area contributed by atoms with Crippen LogP contribution in [-0.4, -0.2) is 87.3 Å². The third-order valence-corrected chi connectivity index (χ3v) is 7.28. The SMILES string of the molecule is COC(=O)OC(C)OC(=O)C1=C(CSC)CS[C@@H]2C(NC(=O)C(=NO)c3csc(N)n3)C(=O)N12. The van der Waals surface area contributed by atoms with Crippen LogP contribution in [0.2, 0.25) is 0 Å². The Morgan fingerprint density at radius 1 is 1.44 bits per heavy atom. The number of hydrogen-bond acceptors (Lipinski definition) is 14. The minimum absolute atomic E-state index is 0.0391. The van der Waals surface area contributed by atoms with Crippen molar-refractivity contribution in [1.82, 2.24) is 15.2 Å². The number of nitrogens with one attached hydrogen (secondary N) is 1. The fourth-order valence-corrected chi connectivity index (χ4v) is 5.80. The molecule has 2 aliphatic rings. The van der Waals surface area contributed by atoms with Crippen molar-refractivity contribution >= 4 is 69.6 Å². The third kappa shape index (κ3) is 5.23. The molecule has 0 saturated carbocycles. The Kier molecular flexibility index (Phi) is 8.27. The van der Waals surface area contributed by atoms with Crippen LogP contribution in [0.25, 0.3) is 0 Å². The molecule has 3 heterocycles. The van der Waals surface area contributed by atoms with E-state index < -0.39 is 47.4 Å². The van der Waals surface area contributed by atoms with E-state index in [1.54, 1.807) is 0 Å². The number of carbonyl (C=O) groups is 4. The molecule has 3 rings (SSSR count). The number of esters is 1. The number of amides is 2. The van der Waals surface area contributed by atoms with E-state index in [4.69, 9.17) is 15.2 Å². The van der Waals surface area contributed by atoms with Crippen molar-refractivity contribution in [1.29, 1.82) is 0 Å². The predicted octanol–water partition coefficient (Wildman–Crippen LogP) is 0.593. The van der Waals surface area contributed by atoms with E-state index >= 15 is 0 Å². The summed E-state index contributed by atoms with van der Waals surface area (Å²) < 4.78 is 14.3. The number of nitrogens with two attached hydrogens (primary N) is 1. The highest BCUT2D eigenvalue weighted by atomic mass is 32.2. The van der Waals surface area contributed by atoms with Crippen LogP contribution in [0.4, 0.5) is 9.93 Å². The van der Waals surface area contributed by atoms with E-state index in [-0.39, 0.29) is 16.5 Å². The molecule has 1 aromatic heterocycles. The average Bonchev–Trinajstić information content (AvgIpc) is 3.23. The molecule has 0 spiro atoms. The van der Waals surface area contributed by atoms with Gasteiger partial charge in [-0.1, -0.05) is 5.16 Å². The van der Waals surface area contributed by atoms with Crippen molar-refractivity contribution < 1.29 is 38.6 Å². The summed E-state index contributed by atoms with van der Waals surface area (Å²) in [5.41, 5.74) is 5.93. The lowest BCUT2D eigenvalue weighted by atomic mass is 10.0. The fourth-order valence-electron chi connectivity index (χ4n) is 3.19. The fraction of sp³-hybridized carbons (Fsp3) is 0.444. The van der Waals surface area contributed by atoms with Crippen molar-refractivity contribution in [3.63, 3.8) is 0 Å². The highest BCUT2D eigenvalue weighted by Crippen LogP contribution is 2.41. The molecule has 1 fully saturated rings. The summed E-state index contributed by atoms with van der Waals surface area (Å²) in [6, 6.07) is -0.979. The average molecular weight is 532 g/mol. The summed E-state index contributed by atoms with van der Waals surface area (Å²) in [5, 5.41) is 15.8. The Balaban J connectivity index is 1.75. The lowest BCUT2D eigenvalue weighted by Gasteiger charge is -2.49. The van der Waals surface area contributed by atoms with Gasteiger partial charge in [-0.2, -0.15) is 11.8 Å². The number of thiazole rings is 1. The number of anilines is 1. The highest BCUT2D eigenvalue weighted by molar-refractivity contribution is 8.00. The first-order valence-corrected chi connectivity index (χ1v) is 12.9. The monoisotopic (exact) mass is 531 g/mol. The number of fused-ring (bicyclic) bond motifs is 1. The zero-order chi connectivity index (χ0) is 25.0. The van der Waals surface area contributed by atoms with Gasteiger partial charge in [-0.25, -0.2) is 14.6 Å². The molecule has 4 N–H and O–H groups in total. The van der Waals surface area contributed by atoms with Crippen LogP contribution in [0.1, 0.15) is 12.6 Å². The Hall–Kier alpha value is -2.98. The second-order valence-corrected chi connectivity index (χ2v) is 9.67. The standard InChI is InChI=1S/C18H21N5O8S3/c1-7(31-18(27)29-2)30-16(26)12-8(4-32-3)5-33-15-11(14(25)23(12)15)21-13(24)10(22-28)9-6-34-17(19)20-9/h6-7,11,15,28H,4-5H2,1-3H3,(H2,19,20)(H,21,24)/t7?,11?,15-/m1/s1. The van der Waals surface area contributed by atoms with Crippen LogP contribution < -0.4 is 11.1 Å². The second kappa shape index (κ2) is 11.0. The molecule has 0 aromatic carbocycles. The lowest BCUT2D eigenvalue weighted by Crippen LogP contribution is -2.71. The first-order valence-electron chi connectivity index (χ1n) is 9.57. The molecule has 1 saturated heterocycles. The molecule has 13 nitrogen and oxygen atoms in total. The van der Waals surface area contributed by atoms with Gasteiger partial charge in [-0.15, -0.1) is 23.1 Å². The number of nitrogens with zero attached hydrogens (tertiary/aromatic N) is 3. The van der Waals surface area contributed by atoms with Crippen molar-refractivity contribution in [2.45, 2.75) is 24.6 Å². The van der Waals surface area contributed by atoms with Gasteiger partial charge in [0.05, 0.1) is 7.11 Å². The second-order valence-electron chi connectivity index (χ2n) is 6.81. The van der Waals surface area contributed by atoms with Crippen LogP contribution >= 0.6 is 34.9 Å². The number of aromatic nitrogens is 1. The van der Waals surface area contributed by atoms with E-state index in [2.05, 4.69) is 20.2 Å². The highest BCUT2D eigenvalue weighted by Gasteiger charge is 2.54. The number of ether oxygens (including phenoxy) is 3. The van der Waals surface area contributed by atoms with Crippen LogP contribution in [0, 0.1) is 0 Å². The Labute approximate surface area is 206 Å². The van der Waals surface area contributed by atoms with E-state index in [1.165, 1.54) is 40.7 Å². The molecule has 2 amide bonds. The first kappa shape index (κ1) is 25.6. The van der Waals surface area contributed by atoms with Crippen LogP contribution in [0.3, 0.4) is 0 Å². The summed E-state index contributed by atoms with van der Waals surface area (Å²) in [6.07, 6.45) is -0.434. The van der Waals surface area contributed by atoms with Gasteiger partial charge in [0, 0.05) is 23.8 Å². The van der Waals surface area contributed by atoms with E-state index in [0.29, 0.717) is 17.1 Å². The topological polar surface area (TPSA) is 183 Å². The molecular weight excluding hydrogens is 510 g/mol. The molecule has 0 radical (unpaired) electrons. The van der Waals surface area contributed by atoms with Gasteiger partial charge >= 0.3 is 12.1 Å². The number of rotatable bonds is 8. The number of nitrogen functional groups attached to an aromatic ring is 1. The van der Waals surface area contributed by atoms with Gasteiger partial charge in [0.25, 0.3) is 11.8 Å². The van der Waals surface area contributed by atoms with Gasteiger partial charge < -0.3 is 30.5 Å². The summed E-state index contributed by atoms with van der Waals surface area (Å²) in [6.45, 7) is 1.33. The normalized spacial score (nSPS) is 20.7. The number of methoxy groups -OCH3 is 1. The summed E-state index contributed by atoms with van der Waals surface area (Å²) >= 11 is 3.87. The zero-order valence-electron chi connectivity index (χ0n) is 18.2. The van der Waals surface area contributed by atoms with E-state index in [0.717, 1.165) is 18.4 Å². The number of β-lactam (4-membered cyclic amide) rings is 1. The molecule has 184 valence electrons. The molecule has 2 unspecified atom stereocenters. The van der Waals surface area contributed by atoms with Crippen LogP contribution in [0.5, 0.6) is 0 Å². The first-order chi connectivity index (χ1) is 16.2. The minimum atomic E-state index is -1.25. The van der Waals surface area contributed by atoms with Gasteiger partial charge in [0.2, 0.25) is 6.29 Å². The van der Waals surface area contributed by atoms with Crippen LogP contribution in [0.15, 0.2) is 21.8 Å². The smallest absolute Gasteiger partial charge is 0.438 e. The molecule has 2 aliphatic heterocycles. The number of oxime groups is 1. The molecule has 34 heavy (non-hydrogen) atoms. The van der Waals surface area contributed by atoms with Crippen molar-refractivity contribution in [2.24, 2.45) is 5.16 Å². The van der Waals surface area contributed by atoms with Crippen molar-refractivity contribution in [3.05, 3.63) is 22.3 Å². The lowest BCUT2D eigenvalue weighted by molar-refractivity contribution is -0.168. The van der Waals surface area contributed by atoms with Crippen molar-refractivity contribution in [2.75, 3.05) is 30.6 Å². The molecule has 16 heteroatoms. The minimum Gasteiger partial charge on any atom is -0.438 e. The van der Waals surface area contributed by atoms with E-state index in [9.17, 15) is 24.4 Å². The maximum absolute atomic E-state index is 13.0. The van der Waals surface area contributed by atoms with Crippen molar-refractivity contribution in [3.8, 4) is 0 Å². The van der Waals surface area contributed by atoms with Gasteiger partial charge in [0.1, 0.15) is 22.8 Å². The van der Waals surface area contributed by atoms with E-state index in [1.807, 2.05) is 6.26 Å². The van der Waals surface area contributed by atoms with Gasteiger partial charge in [0.15, 0.2) is 10.8 Å². The quantitative estimate of drug-likeness (QED) is 0.106. The number of hydrogen-bond donors (Lipinski definition) is 3. The third-order valence-electron chi connectivity index (χ3n) is 4.63. The zero-order valence-corrected chi connectivity index (χ0v) is 20.6. The molecule has 1 aromatic rings. The van der Waals surface area contributed by atoms with Crippen LogP contribution in [-0.2, 0) is 28.6 Å². The number of carbonyl (C=O) groups excluding carboxylic acids is 4. The summed E-state index contributed by atoms with van der Waals surface area (Å²) in [7, 11) is 1.11. The largest absolute Gasteiger partial charge is 0.511 e. The van der Waals surface area contributed by atoms with Gasteiger partial charge in [-0.05, 0) is 11.8 Å². The molecule has 0 aliphatic carbocycles. The summed E-state index contributed by atoms with van der Waals surface area (Å²) in [4.78, 5) is 54.9. The Morgan fingerprint density at radius 2 is 2.18 bits per heavy atom. The molecule has 0 bridgehead atoms. The Morgan fingerprint density at radius 3 is 2.76 bits per heavy atom. The molecule has 3 atom stereocenters. The maximum atomic E-state index is 13.0. The maximum Gasteiger partial charge on any atom is 0.511 e. The van der Waals surface area contributed by atoms with Gasteiger partial charge in [-0.3, -0.25) is 14.5 Å². The Bertz CT molecular complexity index is 1060. The summed E-state index contributed by atoms with van der Waals surface area (Å²) in [5.74, 6) is -1.35. The molecular formula is C18H21N5O8S3.